The van der Waals surface area contributed by atoms with Crippen LogP contribution in [-0.2, 0) is 21.4 Å². The number of nitrogens with zero attached hydrogens (tertiary/aromatic N) is 2. The molecule has 1 unspecified atom stereocenters. The minimum Gasteiger partial charge on any atom is -0.480 e. The first-order chi connectivity index (χ1) is 7.36. The first-order valence-electron chi connectivity index (χ1n) is 4.63. The maximum Gasteiger partial charge on any atom is 0.323 e. The standard InChI is InChI=1S/C8H13N3O4S/c1-3-11-5-7(4-9-11)10-16(14,15)6(2)8(12)13/h4-6,10H,3H2,1-2H3,(H,12,13). The molecule has 0 aliphatic rings. The van der Waals surface area contributed by atoms with Crippen LogP contribution in [0.4, 0.5) is 5.69 Å². The Hall–Kier alpha value is -1.57. The fourth-order valence-electron chi connectivity index (χ4n) is 0.975. The van der Waals surface area contributed by atoms with E-state index in [1.165, 1.54) is 17.1 Å². The highest BCUT2D eigenvalue weighted by molar-refractivity contribution is 7.94. The molecule has 0 spiro atoms. The number of hydrogen-bond acceptors (Lipinski definition) is 4. The summed E-state index contributed by atoms with van der Waals surface area (Å²) in [7, 11) is -3.91. The van der Waals surface area contributed by atoms with Crippen LogP contribution >= 0.6 is 0 Å². The minimum absolute atomic E-state index is 0.259. The lowest BCUT2D eigenvalue weighted by atomic mass is 10.5. The molecule has 7 nitrogen and oxygen atoms in total. The Morgan fingerprint density at radius 3 is 2.75 bits per heavy atom. The van der Waals surface area contributed by atoms with Crippen LogP contribution < -0.4 is 4.72 Å². The normalized spacial score (nSPS) is 13.4. The van der Waals surface area contributed by atoms with Gasteiger partial charge in [0.25, 0.3) is 0 Å². The van der Waals surface area contributed by atoms with Gasteiger partial charge in [0.15, 0.2) is 5.25 Å². The Morgan fingerprint density at radius 1 is 1.69 bits per heavy atom. The van der Waals surface area contributed by atoms with E-state index in [2.05, 4.69) is 9.82 Å². The smallest absolute Gasteiger partial charge is 0.323 e. The van der Waals surface area contributed by atoms with Crippen LogP contribution in [0.15, 0.2) is 12.4 Å². The van der Waals surface area contributed by atoms with E-state index in [1.807, 2.05) is 6.92 Å². The van der Waals surface area contributed by atoms with Crippen LogP contribution in [0.25, 0.3) is 0 Å². The summed E-state index contributed by atoms with van der Waals surface area (Å²) in [6.45, 7) is 3.57. The van der Waals surface area contributed by atoms with Crippen LogP contribution in [0.1, 0.15) is 13.8 Å². The summed E-state index contributed by atoms with van der Waals surface area (Å²) in [5, 5.41) is 11.0. The summed E-state index contributed by atoms with van der Waals surface area (Å²) >= 11 is 0. The molecule has 0 bridgehead atoms. The highest BCUT2D eigenvalue weighted by Gasteiger charge is 2.27. The molecule has 0 amide bonds. The molecule has 0 aliphatic heterocycles. The van der Waals surface area contributed by atoms with Gasteiger partial charge in [-0.05, 0) is 13.8 Å². The van der Waals surface area contributed by atoms with Gasteiger partial charge in [0.05, 0.1) is 11.9 Å². The molecule has 8 heteroatoms. The van der Waals surface area contributed by atoms with Crippen LogP contribution in [-0.4, -0.2) is 34.5 Å². The van der Waals surface area contributed by atoms with Gasteiger partial charge >= 0.3 is 5.97 Å². The second kappa shape index (κ2) is 4.52. The molecule has 0 saturated heterocycles. The van der Waals surface area contributed by atoms with Crippen LogP contribution in [0.2, 0.25) is 0 Å². The average molecular weight is 247 g/mol. The third-order valence-corrected chi connectivity index (χ3v) is 3.68. The number of carboxylic acid groups (broad SMARTS) is 1. The summed E-state index contributed by atoms with van der Waals surface area (Å²) in [4.78, 5) is 10.6. The lowest BCUT2D eigenvalue weighted by Crippen LogP contribution is -2.31. The van der Waals surface area contributed by atoms with E-state index in [4.69, 9.17) is 5.11 Å². The number of anilines is 1. The van der Waals surface area contributed by atoms with E-state index in [9.17, 15) is 13.2 Å². The van der Waals surface area contributed by atoms with Crippen molar-refractivity contribution in [2.45, 2.75) is 25.6 Å². The first-order valence-corrected chi connectivity index (χ1v) is 6.18. The zero-order valence-electron chi connectivity index (χ0n) is 8.91. The Labute approximate surface area is 93.1 Å². The van der Waals surface area contributed by atoms with Gasteiger partial charge in [-0.2, -0.15) is 5.10 Å². The Morgan fingerprint density at radius 2 is 2.31 bits per heavy atom. The van der Waals surface area contributed by atoms with E-state index in [0.717, 1.165) is 6.92 Å². The number of nitrogens with one attached hydrogen (secondary N) is 1. The predicted octanol–water partition coefficient (Wildman–Crippen LogP) is 0.118. The molecule has 1 rings (SSSR count). The van der Waals surface area contributed by atoms with Gasteiger partial charge in [-0.3, -0.25) is 14.2 Å². The summed E-state index contributed by atoms with van der Waals surface area (Å²) in [5.41, 5.74) is 0.259. The van der Waals surface area contributed by atoms with Crippen LogP contribution in [0, 0.1) is 0 Å². The maximum atomic E-state index is 11.5. The van der Waals surface area contributed by atoms with Crippen molar-refractivity contribution in [1.82, 2.24) is 9.78 Å². The third-order valence-electron chi connectivity index (χ3n) is 2.03. The molecule has 0 aliphatic carbocycles. The second-order valence-electron chi connectivity index (χ2n) is 3.21. The second-order valence-corrected chi connectivity index (χ2v) is 5.21. The zero-order chi connectivity index (χ0) is 12.3. The SMILES string of the molecule is CCn1cc(NS(=O)(=O)C(C)C(=O)O)cn1. The van der Waals surface area contributed by atoms with E-state index in [0.29, 0.717) is 6.54 Å². The minimum atomic E-state index is -3.91. The van der Waals surface area contributed by atoms with E-state index in [-0.39, 0.29) is 5.69 Å². The van der Waals surface area contributed by atoms with Crippen molar-refractivity contribution in [2.75, 3.05) is 4.72 Å². The Kier molecular flexibility index (Phi) is 3.53. The summed E-state index contributed by atoms with van der Waals surface area (Å²) < 4.78 is 26.7. The van der Waals surface area contributed by atoms with Crippen molar-refractivity contribution in [2.24, 2.45) is 0 Å². The summed E-state index contributed by atoms with van der Waals surface area (Å²) in [5.74, 6) is -1.39. The number of hydrogen-bond donors (Lipinski definition) is 2. The highest BCUT2D eigenvalue weighted by Crippen LogP contribution is 2.10. The van der Waals surface area contributed by atoms with Gasteiger partial charge in [0.2, 0.25) is 10.0 Å². The molecule has 1 aromatic rings. The van der Waals surface area contributed by atoms with Gasteiger partial charge < -0.3 is 5.11 Å². The van der Waals surface area contributed by atoms with Crippen LogP contribution in [0.3, 0.4) is 0 Å². The third kappa shape index (κ3) is 2.72. The summed E-state index contributed by atoms with van der Waals surface area (Å²) in [6, 6.07) is 0. The molecular formula is C8H13N3O4S. The van der Waals surface area contributed by atoms with Crippen molar-refractivity contribution in [1.29, 1.82) is 0 Å². The van der Waals surface area contributed by atoms with Gasteiger partial charge in [-0.15, -0.1) is 0 Å². The molecule has 0 saturated carbocycles. The molecular weight excluding hydrogens is 234 g/mol. The summed E-state index contributed by atoms with van der Waals surface area (Å²) in [6.07, 6.45) is 2.82. The van der Waals surface area contributed by atoms with Crippen molar-refractivity contribution in [3.8, 4) is 0 Å². The predicted molar refractivity (Wildman–Crippen MR) is 57.5 cm³/mol. The molecule has 1 aromatic heterocycles. The largest absolute Gasteiger partial charge is 0.480 e. The van der Waals surface area contributed by atoms with Crippen LogP contribution in [0.5, 0.6) is 0 Å². The molecule has 2 N–H and O–H groups in total. The molecule has 0 radical (unpaired) electrons. The van der Waals surface area contributed by atoms with Crippen molar-refractivity contribution >= 4 is 21.7 Å². The monoisotopic (exact) mass is 247 g/mol. The Balaban J connectivity index is 2.84. The van der Waals surface area contributed by atoms with Crippen molar-refractivity contribution < 1.29 is 18.3 Å². The van der Waals surface area contributed by atoms with Gasteiger partial charge in [0, 0.05) is 12.7 Å². The number of carboxylic acids is 1. The lowest BCUT2D eigenvalue weighted by molar-refractivity contribution is -0.136. The molecule has 1 atom stereocenters. The molecule has 0 fully saturated rings. The number of aromatic nitrogens is 2. The molecule has 1 heterocycles. The average Bonchev–Trinajstić information content (AvgIpc) is 2.63. The number of aliphatic carboxylic acids is 1. The quantitative estimate of drug-likeness (QED) is 0.769. The fourth-order valence-corrected chi connectivity index (χ4v) is 1.85. The highest BCUT2D eigenvalue weighted by atomic mass is 32.2. The molecule has 0 aromatic carbocycles. The lowest BCUT2D eigenvalue weighted by Gasteiger charge is -2.08. The van der Waals surface area contributed by atoms with Gasteiger partial charge in [0.1, 0.15) is 0 Å². The fraction of sp³-hybridized carbons (Fsp3) is 0.500. The van der Waals surface area contributed by atoms with Gasteiger partial charge in [-0.1, -0.05) is 0 Å². The topological polar surface area (TPSA) is 101 Å². The van der Waals surface area contributed by atoms with Crippen molar-refractivity contribution in [3.05, 3.63) is 12.4 Å². The molecule has 16 heavy (non-hydrogen) atoms. The number of rotatable bonds is 5. The number of aryl methyl sites for hydroxylation is 1. The zero-order valence-corrected chi connectivity index (χ0v) is 9.73. The van der Waals surface area contributed by atoms with E-state index >= 15 is 0 Å². The number of carbonyl (C=O) groups is 1. The van der Waals surface area contributed by atoms with E-state index in [1.54, 1.807) is 0 Å². The van der Waals surface area contributed by atoms with Crippen molar-refractivity contribution in [3.63, 3.8) is 0 Å². The maximum absolute atomic E-state index is 11.5. The molecule has 90 valence electrons. The first kappa shape index (κ1) is 12.5. The Bertz CT molecular complexity index is 479. The number of sulfonamides is 1. The van der Waals surface area contributed by atoms with E-state index < -0.39 is 21.2 Å². The van der Waals surface area contributed by atoms with Gasteiger partial charge in [-0.25, -0.2) is 8.42 Å².